The van der Waals surface area contributed by atoms with Gasteiger partial charge in [-0.1, -0.05) is 18.2 Å². The molecule has 0 amide bonds. The molecule has 0 spiro atoms. The quantitative estimate of drug-likeness (QED) is 0.116. The zero-order valence-electron chi connectivity index (χ0n) is 32.7. The average Bonchev–Trinajstić information content (AvgIpc) is 3.71. The molecule has 0 saturated carbocycles. The molecule has 0 radical (unpaired) electrons. The molecule has 5 unspecified atom stereocenters. The number of fused-ring (bicyclic) bond motifs is 8. The first kappa shape index (κ1) is 37.7. The van der Waals surface area contributed by atoms with Crippen molar-refractivity contribution in [2.45, 2.75) is 68.7 Å². The average molecular weight is 774 g/mol. The first-order valence-electron chi connectivity index (χ1n) is 20.1. The standard InChI is InChI=1S/C46H51N3O8/c1-47-21-28-17-34-37(52)11-9-30-41(34)35(40(28)25-6-10-36-24(15-25)12-13-49-36)19-32-33-20-39(55-23-48-2)44(27-16-26(5-4-14-50)43(53)38(18-27)54-3)57-45(33)31-8-7-29(22-51)56-46(31)42(30)32/h6,9-12,15-18,29,35,39-40,44,47-48,50-53H,4-5,7-8,13-14,19-23H2,1-3H3. The molecule has 57 heavy (non-hydrogen) atoms. The Balaban J connectivity index is 1.26. The molecule has 0 fully saturated rings. The van der Waals surface area contributed by atoms with Crippen LogP contribution in [0.25, 0.3) is 23.3 Å². The lowest BCUT2D eigenvalue weighted by molar-refractivity contribution is -0.0436. The highest BCUT2D eigenvalue weighted by Gasteiger charge is 2.45. The summed E-state index contributed by atoms with van der Waals surface area (Å²) in [5.41, 5.74) is 11.1. The second-order valence-corrected chi connectivity index (χ2v) is 15.8. The van der Waals surface area contributed by atoms with Gasteiger partial charge in [0.05, 0.1) is 32.3 Å². The molecule has 4 aromatic rings. The predicted molar refractivity (Wildman–Crippen MR) is 217 cm³/mol. The smallest absolute Gasteiger partial charge is 0.161 e. The highest BCUT2D eigenvalue weighted by molar-refractivity contribution is 5.89. The van der Waals surface area contributed by atoms with E-state index in [1.807, 2.05) is 32.3 Å². The molecular weight excluding hydrogens is 723 g/mol. The van der Waals surface area contributed by atoms with E-state index in [1.54, 1.807) is 6.07 Å². The van der Waals surface area contributed by atoms with E-state index in [9.17, 15) is 20.4 Å². The van der Waals surface area contributed by atoms with Crippen molar-refractivity contribution in [1.82, 2.24) is 10.6 Å². The molecule has 0 saturated heterocycles. The summed E-state index contributed by atoms with van der Waals surface area (Å²) in [4.78, 5) is 4.67. The largest absolute Gasteiger partial charge is 0.507 e. The number of benzene rings is 4. The summed E-state index contributed by atoms with van der Waals surface area (Å²) in [6.07, 6.45) is 6.51. The van der Waals surface area contributed by atoms with Gasteiger partial charge in [-0.15, -0.1) is 0 Å². The molecule has 11 heteroatoms. The van der Waals surface area contributed by atoms with E-state index in [4.69, 9.17) is 18.9 Å². The van der Waals surface area contributed by atoms with Crippen molar-refractivity contribution < 1.29 is 39.4 Å². The number of hydrogen-bond acceptors (Lipinski definition) is 11. The molecular formula is C46H51N3O8. The molecule has 0 aromatic heterocycles. The zero-order valence-corrected chi connectivity index (χ0v) is 32.7. The van der Waals surface area contributed by atoms with Gasteiger partial charge < -0.3 is 44.7 Å². The minimum atomic E-state index is -0.550. The fourth-order valence-electron chi connectivity index (χ4n) is 10.0. The van der Waals surface area contributed by atoms with Crippen LogP contribution >= 0.6 is 0 Å². The van der Waals surface area contributed by atoms with E-state index in [-0.39, 0.29) is 42.7 Å². The lowest BCUT2D eigenvalue weighted by Crippen LogP contribution is -2.38. The number of aryl methyl sites for hydroxylation is 1. The Morgan fingerprint density at radius 2 is 1.81 bits per heavy atom. The predicted octanol–water partition coefficient (Wildman–Crippen LogP) is 4.08. The van der Waals surface area contributed by atoms with Crippen LogP contribution in [0.5, 0.6) is 28.7 Å². The number of methoxy groups -OCH3 is 1. The Bertz CT molecular complexity index is 2390. The molecule has 0 bridgehead atoms. The van der Waals surface area contributed by atoms with Gasteiger partial charge >= 0.3 is 0 Å². The van der Waals surface area contributed by atoms with Crippen molar-refractivity contribution in [3.8, 4) is 39.9 Å². The van der Waals surface area contributed by atoms with E-state index >= 15 is 0 Å². The van der Waals surface area contributed by atoms with Gasteiger partial charge in [0, 0.05) is 47.7 Å². The summed E-state index contributed by atoms with van der Waals surface area (Å²) in [5.74, 6) is 2.18. The third-order valence-electron chi connectivity index (χ3n) is 12.5. The second kappa shape index (κ2) is 15.4. The number of phenolic OH excluding ortho intramolecular Hbond substituents is 2. The second-order valence-electron chi connectivity index (χ2n) is 15.8. The van der Waals surface area contributed by atoms with Crippen molar-refractivity contribution >= 4 is 12.2 Å². The molecule has 9 rings (SSSR count). The van der Waals surface area contributed by atoms with Crippen LogP contribution in [0, 0.1) is 0 Å². The van der Waals surface area contributed by atoms with Gasteiger partial charge in [0.25, 0.3) is 0 Å². The number of nitrogens with zero attached hydrogens (tertiary/aromatic N) is 1. The van der Waals surface area contributed by atoms with Gasteiger partial charge in [-0.3, -0.25) is 10.3 Å². The van der Waals surface area contributed by atoms with E-state index in [2.05, 4.69) is 46.0 Å². The first-order chi connectivity index (χ1) is 27.9. The summed E-state index contributed by atoms with van der Waals surface area (Å²) in [6.45, 7) is 1.54. The topological polar surface area (TPSA) is 154 Å². The number of rotatable bonds is 12. The minimum Gasteiger partial charge on any atom is -0.507 e. The maximum Gasteiger partial charge on any atom is 0.161 e. The Labute approximate surface area is 332 Å². The van der Waals surface area contributed by atoms with E-state index in [1.165, 1.54) is 18.2 Å². The van der Waals surface area contributed by atoms with Gasteiger partial charge in [-0.25, -0.2) is 0 Å². The minimum absolute atomic E-state index is 0.00165. The number of ether oxygens (including phenoxy) is 4. The summed E-state index contributed by atoms with van der Waals surface area (Å²) in [7, 11) is 5.35. The van der Waals surface area contributed by atoms with Crippen LogP contribution < -0.4 is 35.4 Å². The Morgan fingerprint density at radius 1 is 0.930 bits per heavy atom. The maximum absolute atomic E-state index is 11.5. The van der Waals surface area contributed by atoms with Crippen molar-refractivity contribution in [2.75, 3.05) is 54.2 Å². The Morgan fingerprint density at radius 3 is 2.60 bits per heavy atom. The monoisotopic (exact) mass is 773 g/mol. The highest BCUT2D eigenvalue weighted by Crippen LogP contribution is 2.60. The summed E-state index contributed by atoms with van der Waals surface area (Å²) in [5, 5.41) is 51.3. The molecule has 298 valence electrons. The fourth-order valence-corrected chi connectivity index (χ4v) is 10.0. The summed E-state index contributed by atoms with van der Waals surface area (Å²) < 4.78 is 26.3. The molecule has 3 heterocycles. The Kier molecular flexibility index (Phi) is 10.2. The fraction of sp³-hybridized carbons (Fsp3) is 0.413. The van der Waals surface area contributed by atoms with Gasteiger partial charge in [-0.2, -0.15) is 0 Å². The molecule has 4 aromatic carbocycles. The SMILES string of the molecule is CNCOC1Cc2c3c(c4c(c2OC1c1cc(CCCO)c(O)c(OC)c1)CCC(CO)O4)-c1ccc(O)c2c1C(C3)C(c1ccc3c(c1)=CCN=3)C(CNC)=C2. The lowest BCUT2D eigenvalue weighted by Gasteiger charge is -2.44. The summed E-state index contributed by atoms with van der Waals surface area (Å²) in [6, 6.07) is 14.2. The number of nitrogens with one attached hydrogen (secondary N) is 2. The van der Waals surface area contributed by atoms with Crippen LogP contribution in [0.3, 0.4) is 0 Å². The van der Waals surface area contributed by atoms with E-state index in [0.29, 0.717) is 69.7 Å². The van der Waals surface area contributed by atoms with Gasteiger partial charge in [0.2, 0.25) is 0 Å². The zero-order chi connectivity index (χ0) is 39.4. The lowest BCUT2D eigenvalue weighted by atomic mass is 9.63. The van der Waals surface area contributed by atoms with Crippen LogP contribution in [0.2, 0.25) is 0 Å². The normalized spacial score (nSPS) is 22.3. The van der Waals surface area contributed by atoms with Crippen molar-refractivity contribution in [3.63, 3.8) is 0 Å². The first-order valence-corrected chi connectivity index (χ1v) is 20.1. The van der Waals surface area contributed by atoms with E-state index in [0.717, 1.165) is 66.6 Å². The molecule has 5 atom stereocenters. The van der Waals surface area contributed by atoms with E-state index < -0.39 is 12.2 Å². The third-order valence-corrected chi connectivity index (χ3v) is 12.5. The number of hydrogen-bond donors (Lipinski definition) is 6. The third kappa shape index (κ3) is 6.36. The molecule has 11 nitrogen and oxygen atoms in total. The Hall–Kier alpha value is -4.91. The van der Waals surface area contributed by atoms with Crippen LogP contribution in [0.4, 0.5) is 0 Å². The molecule has 6 N–H and O–H groups in total. The van der Waals surface area contributed by atoms with Crippen LogP contribution in [-0.4, -0.2) is 86.9 Å². The summed E-state index contributed by atoms with van der Waals surface area (Å²) >= 11 is 0. The molecule has 5 aliphatic rings. The number of phenols is 2. The highest BCUT2D eigenvalue weighted by atomic mass is 16.6. The number of likely N-dealkylation sites (N-methyl/N-ethyl adjacent to an activating group) is 1. The van der Waals surface area contributed by atoms with Crippen LogP contribution in [0.15, 0.2) is 53.0 Å². The van der Waals surface area contributed by atoms with Gasteiger partial charge in [0.15, 0.2) is 17.6 Å². The van der Waals surface area contributed by atoms with Crippen molar-refractivity contribution in [2.24, 2.45) is 4.99 Å². The van der Waals surface area contributed by atoms with Gasteiger partial charge in [0.1, 0.15) is 29.5 Å². The van der Waals surface area contributed by atoms with Gasteiger partial charge in [-0.05, 0) is 133 Å². The van der Waals surface area contributed by atoms with Crippen molar-refractivity contribution in [1.29, 1.82) is 0 Å². The van der Waals surface area contributed by atoms with Crippen molar-refractivity contribution in [3.05, 3.63) is 103 Å². The van der Waals surface area contributed by atoms with Crippen LogP contribution in [0.1, 0.15) is 75.3 Å². The number of aliphatic hydroxyl groups is 2. The maximum atomic E-state index is 11.5. The number of aromatic hydroxyl groups is 2. The molecule has 2 aliphatic carbocycles. The number of aliphatic hydroxyl groups excluding tert-OH is 2. The van der Waals surface area contributed by atoms with Crippen LogP contribution in [-0.2, 0) is 30.4 Å². The molecule has 3 aliphatic heterocycles.